The van der Waals surface area contributed by atoms with Crippen molar-refractivity contribution in [3.63, 3.8) is 0 Å². The lowest BCUT2D eigenvalue weighted by Crippen LogP contribution is -2.26. The number of nitrogens with zero attached hydrogens (tertiary/aromatic N) is 1. The van der Waals surface area contributed by atoms with E-state index in [9.17, 15) is 8.42 Å². The number of benzene rings is 1. The Morgan fingerprint density at radius 3 is 2.48 bits per heavy atom. The molecule has 1 aromatic heterocycles. The molecule has 1 heterocycles. The third-order valence-electron chi connectivity index (χ3n) is 2.97. The summed E-state index contributed by atoms with van der Waals surface area (Å²) in [5, 5.41) is 0.377. The molecule has 0 aliphatic rings. The molecule has 0 radical (unpaired) electrons. The number of hydrogen-bond acceptors (Lipinski definition) is 4. The van der Waals surface area contributed by atoms with Crippen molar-refractivity contribution in [2.45, 2.75) is 18.4 Å². The predicted molar refractivity (Wildman–Crippen MR) is 88.6 cm³/mol. The number of rotatable bonds is 4. The highest BCUT2D eigenvalue weighted by Gasteiger charge is 2.23. The summed E-state index contributed by atoms with van der Waals surface area (Å²) in [6, 6.07) is 6.45. The van der Waals surface area contributed by atoms with E-state index < -0.39 is 10.0 Å². The summed E-state index contributed by atoms with van der Waals surface area (Å²) in [5.74, 6) is 0. The number of anilines is 1. The summed E-state index contributed by atoms with van der Waals surface area (Å²) in [6.45, 7) is 1.97. The second-order valence-corrected chi connectivity index (χ2v) is 8.83. The van der Waals surface area contributed by atoms with Crippen LogP contribution in [0.25, 0.3) is 0 Å². The van der Waals surface area contributed by atoms with Gasteiger partial charge in [0, 0.05) is 18.5 Å². The third-order valence-corrected chi connectivity index (χ3v) is 6.49. The molecule has 21 heavy (non-hydrogen) atoms. The summed E-state index contributed by atoms with van der Waals surface area (Å²) >= 11 is 13.2. The minimum absolute atomic E-state index is 0.132. The first-order chi connectivity index (χ1) is 9.71. The molecule has 4 nitrogen and oxygen atoms in total. The Kier molecular flexibility index (Phi) is 4.85. The Hall–Kier alpha value is -0.790. The SMILES string of the molecule is Cc1cc(S(=O)(=O)N(C)Cc2ccc(Cl)s2)cc(N)c1Cl. The summed E-state index contributed by atoms with van der Waals surface area (Å²) in [4.78, 5) is 0.997. The monoisotopic (exact) mass is 364 g/mol. The maximum atomic E-state index is 12.6. The number of nitrogen functional groups attached to an aromatic ring is 1. The van der Waals surface area contributed by atoms with Gasteiger partial charge < -0.3 is 5.73 Å². The normalized spacial score (nSPS) is 12.0. The van der Waals surface area contributed by atoms with Gasteiger partial charge in [0.05, 0.1) is 19.9 Å². The van der Waals surface area contributed by atoms with E-state index in [0.717, 1.165) is 4.88 Å². The second-order valence-electron chi connectivity index (χ2n) is 4.61. The Morgan fingerprint density at radius 1 is 1.29 bits per heavy atom. The Labute approximate surface area is 138 Å². The standard InChI is InChI=1S/C13H14Cl2N2O2S2/c1-8-5-10(6-11(16)13(8)15)21(18,19)17(2)7-9-3-4-12(14)20-9/h3-6H,7,16H2,1-2H3. The molecule has 0 unspecified atom stereocenters. The zero-order chi connectivity index (χ0) is 15.8. The Balaban J connectivity index is 2.33. The molecule has 2 N–H and O–H groups in total. The first-order valence-corrected chi connectivity index (χ1v) is 8.99. The van der Waals surface area contributed by atoms with E-state index in [1.165, 1.54) is 34.8 Å². The molecule has 2 rings (SSSR count). The van der Waals surface area contributed by atoms with Gasteiger partial charge in [0.25, 0.3) is 0 Å². The molecule has 0 fully saturated rings. The van der Waals surface area contributed by atoms with Crippen LogP contribution < -0.4 is 5.73 Å². The van der Waals surface area contributed by atoms with Crippen LogP contribution in [-0.4, -0.2) is 19.8 Å². The minimum atomic E-state index is -3.63. The number of aryl methyl sites for hydroxylation is 1. The van der Waals surface area contributed by atoms with Crippen molar-refractivity contribution >= 4 is 50.2 Å². The molecule has 0 aliphatic carbocycles. The summed E-state index contributed by atoms with van der Waals surface area (Å²) in [7, 11) is -2.11. The van der Waals surface area contributed by atoms with Crippen molar-refractivity contribution in [2.75, 3.05) is 12.8 Å². The molecule has 2 aromatic rings. The van der Waals surface area contributed by atoms with Gasteiger partial charge in [0.2, 0.25) is 10.0 Å². The zero-order valence-electron chi connectivity index (χ0n) is 11.4. The molecular formula is C13H14Cl2N2O2S2. The largest absolute Gasteiger partial charge is 0.397 e. The molecule has 0 atom stereocenters. The Morgan fingerprint density at radius 2 is 1.95 bits per heavy atom. The molecule has 0 saturated heterocycles. The molecule has 0 amide bonds. The van der Waals surface area contributed by atoms with Gasteiger partial charge in [-0.15, -0.1) is 11.3 Å². The number of hydrogen-bond donors (Lipinski definition) is 1. The van der Waals surface area contributed by atoms with E-state index in [2.05, 4.69) is 0 Å². The minimum Gasteiger partial charge on any atom is -0.397 e. The molecule has 0 aliphatic heterocycles. The number of halogens is 2. The first-order valence-electron chi connectivity index (χ1n) is 5.98. The van der Waals surface area contributed by atoms with Gasteiger partial charge in [0.15, 0.2) is 0 Å². The van der Waals surface area contributed by atoms with Crippen LogP contribution in [0.2, 0.25) is 9.36 Å². The van der Waals surface area contributed by atoms with Crippen LogP contribution in [0.15, 0.2) is 29.2 Å². The van der Waals surface area contributed by atoms with Crippen molar-refractivity contribution < 1.29 is 8.42 Å². The topological polar surface area (TPSA) is 63.4 Å². The molecule has 1 aromatic carbocycles. The fourth-order valence-corrected chi connectivity index (χ4v) is 4.44. The lowest BCUT2D eigenvalue weighted by molar-refractivity contribution is 0.469. The van der Waals surface area contributed by atoms with Crippen molar-refractivity contribution in [2.24, 2.45) is 0 Å². The van der Waals surface area contributed by atoms with Crippen LogP contribution in [0.1, 0.15) is 10.4 Å². The maximum absolute atomic E-state index is 12.6. The Bertz CT molecular complexity index is 749. The third kappa shape index (κ3) is 3.52. The van der Waals surface area contributed by atoms with Crippen LogP contribution >= 0.6 is 34.5 Å². The van der Waals surface area contributed by atoms with Gasteiger partial charge in [-0.3, -0.25) is 0 Å². The summed E-state index contributed by atoms with van der Waals surface area (Å²) < 4.78 is 27.0. The lowest BCUT2D eigenvalue weighted by Gasteiger charge is -2.17. The number of nitrogens with two attached hydrogens (primary N) is 1. The predicted octanol–water partition coefficient (Wildman–Crippen LogP) is 3.77. The molecule has 0 saturated carbocycles. The molecule has 8 heteroatoms. The number of thiophene rings is 1. The van der Waals surface area contributed by atoms with E-state index >= 15 is 0 Å². The van der Waals surface area contributed by atoms with E-state index in [1.807, 2.05) is 0 Å². The average Bonchev–Trinajstić information content (AvgIpc) is 2.80. The second kappa shape index (κ2) is 6.14. The van der Waals surface area contributed by atoms with Crippen LogP contribution in [0, 0.1) is 6.92 Å². The van der Waals surface area contributed by atoms with Gasteiger partial charge in [-0.25, -0.2) is 8.42 Å². The highest BCUT2D eigenvalue weighted by molar-refractivity contribution is 7.89. The van der Waals surface area contributed by atoms with E-state index in [4.69, 9.17) is 28.9 Å². The fourth-order valence-electron chi connectivity index (χ4n) is 1.83. The van der Waals surface area contributed by atoms with Gasteiger partial charge in [-0.2, -0.15) is 4.31 Å². The average molecular weight is 365 g/mol. The van der Waals surface area contributed by atoms with E-state index in [1.54, 1.807) is 19.1 Å². The number of sulfonamides is 1. The zero-order valence-corrected chi connectivity index (χ0v) is 14.6. The quantitative estimate of drug-likeness (QED) is 0.839. The van der Waals surface area contributed by atoms with Crippen molar-refractivity contribution in [1.82, 2.24) is 4.31 Å². The van der Waals surface area contributed by atoms with Crippen LogP contribution in [-0.2, 0) is 16.6 Å². The van der Waals surface area contributed by atoms with Crippen LogP contribution in [0.5, 0.6) is 0 Å². The molecule has 0 spiro atoms. The van der Waals surface area contributed by atoms with E-state index in [-0.39, 0.29) is 17.1 Å². The van der Waals surface area contributed by atoms with Crippen molar-refractivity contribution in [1.29, 1.82) is 0 Å². The first kappa shape index (κ1) is 16.6. The molecular weight excluding hydrogens is 351 g/mol. The van der Waals surface area contributed by atoms with Gasteiger partial charge in [0.1, 0.15) is 0 Å². The lowest BCUT2D eigenvalue weighted by atomic mass is 10.2. The van der Waals surface area contributed by atoms with Gasteiger partial charge >= 0.3 is 0 Å². The van der Waals surface area contributed by atoms with Crippen LogP contribution in [0.4, 0.5) is 5.69 Å². The fraction of sp³-hybridized carbons (Fsp3) is 0.231. The van der Waals surface area contributed by atoms with Gasteiger partial charge in [-0.05, 0) is 36.8 Å². The summed E-state index contributed by atoms with van der Waals surface area (Å²) in [5.41, 5.74) is 6.62. The smallest absolute Gasteiger partial charge is 0.243 e. The van der Waals surface area contributed by atoms with E-state index in [0.29, 0.717) is 14.9 Å². The maximum Gasteiger partial charge on any atom is 0.243 e. The highest BCUT2D eigenvalue weighted by atomic mass is 35.5. The molecule has 0 bridgehead atoms. The van der Waals surface area contributed by atoms with Crippen LogP contribution in [0.3, 0.4) is 0 Å². The van der Waals surface area contributed by atoms with Crippen molar-refractivity contribution in [3.05, 3.63) is 44.1 Å². The summed E-state index contributed by atoms with van der Waals surface area (Å²) in [6.07, 6.45) is 0. The van der Waals surface area contributed by atoms with Crippen molar-refractivity contribution in [3.8, 4) is 0 Å². The highest BCUT2D eigenvalue weighted by Crippen LogP contribution is 2.29. The molecule has 114 valence electrons. The van der Waals surface area contributed by atoms with Gasteiger partial charge in [-0.1, -0.05) is 23.2 Å².